The summed E-state index contributed by atoms with van der Waals surface area (Å²) < 4.78 is 2.80. The van der Waals surface area contributed by atoms with E-state index in [1.165, 1.54) is 24.2 Å². The third-order valence-corrected chi connectivity index (χ3v) is 6.67. The highest BCUT2D eigenvalue weighted by molar-refractivity contribution is 7.22. The Balaban J connectivity index is 1.34. The smallest absolute Gasteiger partial charge is 0.275 e. The molecule has 1 fully saturated rings. The SMILES string of the molecule is Cn1cc(-c2nc(C(=O)Nc3ccc4nc(N5CCCC5)sc4c3)cs2)cn1. The summed E-state index contributed by atoms with van der Waals surface area (Å²) in [5, 5.41) is 10.7. The van der Waals surface area contributed by atoms with Crippen LogP contribution < -0.4 is 10.2 Å². The number of amides is 1. The van der Waals surface area contributed by atoms with Crippen molar-refractivity contribution in [3.8, 4) is 10.6 Å². The molecule has 0 unspecified atom stereocenters. The lowest BCUT2D eigenvalue weighted by molar-refractivity contribution is 0.102. The normalized spacial score (nSPS) is 14.1. The Bertz CT molecular complexity index is 1150. The molecule has 7 nitrogen and oxygen atoms in total. The molecule has 1 aliphatic heterocycles. The molecular weight excluding hydrogens is 392 g/mol. The number of aromatic nitrogens is 4. The molecular formula is C19H18N6OS2. The molecule has 0 atom stereocenters. The molecule has 1 aliphatic rings. The summed E-state index contributed by atoms with van der Waals surface area (Å²) in [6.45, 7) is 2.15. The average Bonchev–Trinajstić information content (AvgIpc) is 3.45. The van der Waals surface area contributed by atoms with E-state index in [2.05, 4.69) is 20.3 Å². The molecule has 142 valence electrons. The van der Waals surface area contributed by atoms with Crippen LogP contribution in [0.4, 0.5) is 10.8 Å². The molecule has 0 radical (unpaired) electrons. The van der Waals surface area contributed by atoms with E-state index in [1.807, 2.05) is 31.4 Å². The quantitative estimate of drug-likeness (QED) is 0.550. The number of thiazole rings is 2. The van der Waals surface area contributed by atoms with E-state index in [1.54, 1.807) is 27.6 Å². The minimum atomic E-state index is -0.213. The lowest BCUT2D eigenvalue weighted by Crippen LogP contribution is -2.16. The van der Waals surface area contributed by atoms with E-state index in [0.717, 1.165) is 44.7 Å². The Morgan fingerprint density at radius 3 is 2.86 bits per heavy atom. The summed E-state index contributed by atoms with van der Waals surface area (Å²) >= 11 is 3.11. The maximum atomic E-state index is 12.6. The third-order valence-electron chi connectivity index (χ3n) is 4.70. The predicted molar refractivity (Wildman–Crippen MR) is 113 cm³/mol. The van der Waals surface area contributed by atoms with Crippen molar-refractivity contribution in [1.82, 2.24) is 19.7 Å². The molecule has 5 rings (SSSR count). The van der Waals surface area contributed by atoms with Gasteiger partial charge in [-0.2, -0.15) is 5.10 Å². The second-order valence-corrected chi connectivity index (χ2v) is 8.64. The Morgan fingerprint density at radius 2 is 2.07 bits per heavy atom. The van der Waals surface area contributed by atoms with Gasteiger partial charge in [0, 0.05) is 43.0 Å². The van der Waals surface area contributed by atoms with Crippen molar-refractivity contribution in [2.45, 2.75) is 12.8 Å². The van der Waals surface area contributed by atoms with Crippen LogP contribution in [0.3, 0.4) is 0 Å². The number of hydrogen-bond acceptors (Lipinski definition) is 7. The van der Waals surface area contributed by atoms with Gasteiger partial charge in [0.05, 0.1) is 16.4 Å². The molecule has 1 saturated heterocycles. The summed E-state index contributed by atoms with van der Waals surface area (Å²) in [7, 11) is 1.86. The fraction of sp³-hybridized carbons (Fsp3) is 0.263. The Hall–Kier alpha value is -2.78. The summed E-state index contributed by atoms with van der Waals surface area (Å²) in [4.78, 5) is 24.1. The van der Waals surface area contributed by atoms with Crippen molar-refractivity contribution in [3.63, 3.8) is 0 Å². The number of nitrogens with zero attached hydrogens (tertiary/aromatic N) is 5. The molecule has 0 aliphatic carbocycles. The van der Waals surface area contributed by atoms with Crippen molar-refractivity contribution in [3.05, 3.63) is 41.7 Å². The number of aryl methyl sites for hydroxylation is 1. The molecule has 9 heteroatoms. The molecule has 4 heterocycles. The van der Waals surface area contributed by atoms with Crippen LogP contribution in [-0.2, 0) is 7.05 Å². The summed E-state index contributed by atoms with van der Waals surface area (Å²) in [6, 6.07) is 5.84. The molecule has 3 aromatic heterocycles. The van der Waals surface area contributed by atoms with E-state index in [-0.39, 0.29) is 5.91 Å². The minimum Gasteiger partial charge on any atom is -0.348 e. The molecule has 28 heavy (non-hydrogen) atoms. The first kappa shape index (κ1) is 17.3. The van der Waals surface area contributed by atoms with Gasteiger partial charge >= 0.3 is 0 Å². The number of rotatable bonds is 4. The number of fused-ring (bicyclic) bond motifs is 1. The van der Waals surface area contributed by atoms with Crippen LogP contribution in [0, 0.1) is 0 Å². The van der Waals surface area contributed by atoms with Crippen LogP contribution in [0.5, 0.6) is 0 Å². The van der Waals surface area contributed by atoms with Crippen LogP contribution in [-0.4, -0.2) is 38.7 Å². The van der Waals surface area contributed by atoms with Gasteiger partial charge in [-0.15, -0.1) is 11.3 Å². The van der Waals surface area contributed by atoms with E-state index >= 15 is 0 Å². The van der Waals surface area contributed by atoms with Gasteiger partial charge in [0.15, 0.2) is 5.13 Å². The Labute approximate surface area is 169 Å². The number of benzene rings is 1. The van der Waals surface area contributed by atoms with Crippen LogP contribution >= 0.6 is 22.7 Å². The van der Waals surface area contributed by atoms with Crippen molar-refractivity contribution in [2.75, 3.05) is 23.3 Å². The lowest BCUT2D eigenvalue weighted by atomic mass is 10.3. The van der Waals surface area contributed by atoms with Crippen molar-refractivity contribution >= 4 is 49.6 Å². The lowest BCUT2D eigenvalue weighted by Gasteiger charge is -2.11. The molecule has 4 aromatic rings. The van der Waals surface area contributed by atoms with Gasteiger partial charge in [0.1, 0.15) is 10.7 Å². The van der Waals surface area contributed by atoms with E-state index in [4.69, 9.17) is 4.98 Å². The van der Waals surface area contributed by atoms with Crippen molar-refractivity contribution in [2.24, 2.45) is 7.05 Å². The molecule has 0 spiro atoms. The fourth-order valence-electron chi connectivity index (χ4n) is 3.27. The molecule has 1 aromatic carbocycles. The largest absolute Gasteiger partial charge is 0.348 e. The first-order valence-corrected chi connectivity index (χ1v) is 10.8. The zero-order chi connectivity index (χ0) is 19.1. The minimum absolute atomic E-state index is 0.213. The highest BCUT2D eigenvalue weighted by atomic mass is 32.1. The monoisotopic (exact) mass is 410 g/mol. The third kappa shape index (κ3) is 3.27. The van der Waals surface area contributed by atoms with Crippen molar-refractivity contribution < 1.29 is 4.79 Å². The Kier molecular flexibility index (Phi) is 4.33. The maximum absolute atomic E-state index is 12.6. The van der Waals surface area contributed by atoms with E-state index in [0.29, 0.717) is 5.69 Å². The van der Waals surface area contributed by atoms with E-state index < -0.39 is 0 Å². The second-order valence-electron chi connectivity index (χ2n) is 6.77. The topological polar surface area (TPSA) is 75.9 Å². The van der Waals surface area contributed by atoms with Gasteiger partial charge in [0.2, 0.25) is 0 Å². The van der Waals surface area contributed by atoms with Gasteiger partial charge in [-0.05, 0) is 31.0 Å². The van der Waals surface area contributed by atoms with Crippen LogP contribution in [0.25, 0.3) is 20.8 Å². The standard InChI is InChI=1S/C19H18N6OS2/c1-24-10-12(9-20-24)18-22-15(11-27-18)17(26)21-13-4-5-14-16(8-13)28-19(23-14)25-6-2-3-7-25/h4-5,8-11H,2-3,6-7H2,1H3,(H,21,26). The van der Waals surface area contributed by atoms with Crippen LogP contribution in [0.2, 0.25) is 0 Å². The maximum Gasteiger partial charge on any atom is 0.275 e. The summed E-state index contributed by atoms with van der Waals surface area (Å²) in [5.74, 6) is -0.213. The first-order valence-electron chi connectivity index (χ1n) is 9.07. The highest BCUT2D eigenvalue weighted by Gasteiger charge is 2.17. The molecule has 1 N–H and O–H groups in total. The van der Waals surface area contributed by atoms with Gasteiger partial charge in [-0.25, -0.2) is 9.97 Å². The Morgan fingerprint density at radius 1 is 1.21 bits per heavy atom. The average molecular weight is 411 g/mol. The van der Waals surface area contributed by atoms with Crippen LogP contribution in [0.1, 0.15) is 23.3 Å². The number of carbonyl (C=O) groups is 1. The van der Waals surface area contributed by atoms with Gasteiger partial charge < -0.3 is 10.2 Å². The summed E-state index contributed by atoms with van der Waals surface area (Å²) in [6.07, 6.45) is 6.09. The zero-order valence-corrected chi connectivity index (χ0v) is 16.9. The predicted octanol–water partition coefficient (Wildman–Crippen LogP) is 4.01. The number of nitrogens with one attached hydrogen (secondary N) is 1. The first-order chi connectivity index (χ1) is 13.7. The highest BCUT2D eigenvalue weighted by Crippen LogP contribution is 2.32. The summed E-state index contributed by atoms with van der Waals surface area (Å²) in [5.41, 5.74) is 3.04. The van der Waals surface area contributed by atoms with Gasteiger partial charge in [-0.3, -0.25) is 9.48 Å². The molecule has 1 amide bonds. The van der Waals surface area contributed by atoms with Gasteiger partial charge in [0.25, 0.3) is 5.91 Å². The second kappa shape index (κ2) is 6.99. The fourth-order valence-corrected chi connectivity index (χ4v) is 5.10. The number of carbonyl (C=O) groups excluding carboxylic acids is 1. The molecule has 0 saturated carbocycles. The molecule has 0 bridgehead atoms. The van der Waals surface area contributed by atoms with Gasteiger partial charge in [-0.1, -0.05) is 11.3 Å². The van der Waals surface area contributed by atoms with Crippen LogP contribution in [0.15, 0.2) is 36.0 Å². The number of hydrogen-bond donors (Lipinski definition) is 1. The number of anilines is 2. The van der Waals surface area contributed by atoms with Crippen molar-refractivity contribution in [1.29, 1.82) is 0 Å². The zero-order valence-electron chi connectivity index (χ0n) is 15.3. The van der Waals surface area contributed by atoms with E-state index in [9.17, 15) is 4.79 Å².